The van der Waals surface area contributed by atoms with E-state index in [9.17, 15) is 9.90 Å². The Bertz CT molecular complexity index is 393. The Morgan fingerprint density at radius 3 is 2.47 bits per heavy atom. The van der Waals surface area contributed by atoms with Crippen molar-refractivity contribution in [3.63, 3.8) is 0 Å². The molecule has 0 saturated heterocycles. The van der Waals surface area contributed by atoms with Crippen LogP contribution in [0.2, 0.25) is 0 Å². The molecule has 1 amide bonds. The summed E-state index contributed by atoms with van der Waals surface area (Å²) < 4.78 is 0. The highest BCUT2D eigenvalue weighted by molar-refractivity contribution is 7.98. The lowest BCUT2D eigenvalue weighted by atomic mass is 9.68. The molecule has 1 aromatic rings. The molecule has 1 saturated carbocycles. The molecule has 0 radical (unpaired) electrons. The zero-order valence-corrected chi connectivity index (χ0v) is 10.7. The zero-order chi connectivity index (χ0) is 12.3. The number of aliphatic hydroxyl groups is 1. The van der Waals surface area contributed by atoms with E-state index >= 15 is 0 Å². The van der Waals surface area contributed by atoms with E-state index in [1.165, 1.54) is 4.90 Å². The molecule has 3 nitrogen and oxygen atoms in total. The molecule has 0 atom stereocenters. The molecular formula is C13H17NO2S. The van der Waals surface area contributed by atoms with Gasteiger partial charge in [0.25, 0.3) is 0 Å². The van der Waals surface area contributed by atoms with E-state index in [1.54, 1.807) is 11.8 Å². The molecule has 0 spiro atoms. The zero-order valence-electron chi connectivity index (χ0n) is 9.90. The molecule has 1 aromatic carbocycles. The molecule has 1 fully saturated rings. The SMILES string of the molecule is CSc1ccc(NC(=O)C2(CO)CCC2)cc1. The third-order valence-electron chi connectivity index (χ3n) is 3.44. The Hall–Kier alpha value is -1.00. The lowest BCUT2D eigenvalue weighted by Gasteiger charge is -2.38. The fraction of sp³-hybridized carbons (Fsp3) is 0.462. The monoisotopic (exact) mass is 251 g/mol. The maximum Gasteiger partial charge on any atom is 0.232 e. The van der Waals surface area contributed by atoms with Crippen LogP contribution in [-0.2, 0) is 4.79 Å². The van der Waals surface area contributed by atoms with Gasteiger partial charge in [0.2, 0.25) is 5.91 Å². The van der Waals surface area contributed by atoms with Crippen LogP contribution >= 0.6 is 11.8 Å². The van der Waals surface area contributed by atoms with Crippen LogP contribution in [0.4, 0.5) is 5.69 Å². The number of carbonyl (C=O) groups is 1. The lowest BCUT2D eigenvalue weighted by Crippen LogP contribution is -2.44. The Kier molecular flexibility index (Phi) is 3.74. The predicted molar refractivity (Wildman–Crippen MR) is 70.2 cm³/mol. The average molecular weight is 251 g/mol. The highest BCUT2D eigenvalue weighted by Gasteiger charge is 2.43. The number of hydrogen-bond donors (Lipinski definition) is 2. The standard InChI is InChI=1S/C13H17NO2S/c1-17-11-5-3-10(4-6-11)14-12(16)13(9-15)7-2-8-13/h3-6,15H,2,7-9H2,1H3,(H,14,16). The van der Waals surface area contributed by atoms with Gasteiger partial charge in [-0.05, 0) is 43.4 Å². The largest absolute Gasteiger partial charge is 0.395 e. The minimum Gasteiger partial charge on any atom is -0.395 e. The first-order valence-electron chi connectivity index (χ1n) is 5.76. The van der Waals surface area contributed by atoms with Crippen molar-refractivity contribution in [2.24, 2.45) is 5.41 Å². The number of amides is 1. The molecule has 0 aliphatic heterocycles. The van der Waals surface area contributed by atoms with Crippen LogP contribution in [0.3, 0.4) is 0 Å². The molecule has 0 unspecified atom stereocenters. The second-order valence-corrected chi connectivity index (χ2v) is 5.35. The van der Waals surface area contributed by atoms with Gasteiger partial charge in [-0.1, -0.05) is 6.42 Å². The summed E-state index contributed by atoms with van der Waals surface area (Å²) in [5, 5.41) is 12.2. The van der Waals surface area contributed by atoms with Crippen LogP contribution in [-0.4, -0.2) is 23.9 Å². The summed E-state index contributed by atoms with van der Waals surface area (Å²) >= 11 is 1.67. The molecule has 1 aliphatic rings. The quantitative estimate of drug-likeness (QED) is 0.808. The molecule has 2 rings (SSSR count). The first kappa shape index (κ1) is 12.5. The second-order valence-electron chi connectivity index (χ2n) is 4.47. The number of benzene rings is 1. The van der Waals surface area contributed by atoms with E-state index in [-0.39, 0.29) is 12.5 Å². The fourth-order valence-corrected chi connectivity index (χ4v) is 2.41. The molecule has 0 heterocycles. The van der Waals surface area contributed by atoms with Crippen LogP contribution in [0.25, 0.3) is 0 Å². The van der Waals surface area contributed by atoms with Crippen molar-refractivity contribution >= 4 is 23.4 Å². The average Bonchev–Trinajstić information content (AvgIpc) is 2.29. The van der Waals surface area contributed by atoms with Crippen LogP contribution in [0, 0.1) is 5.41 Å². The minimum atomic E-state index is -0.530. The van der Waals surface area contributed by atoms with Crippen molar-refractivity contribution in [2.45, 2.75) is 24.2 Å². The fourth-order valence-electron chi connectivity index (χ4n) is 2.00. The van der Waals surface area contributed by atoms with E-state index in [2.05, 4.69) is 5.32 Å². The molecule has 0 bridgehead atoms. The first-order chi connectivity index (χ1) is 8.20. The van der Waals surface area contributed by atoms with Gasteiger partial charge >= 0.3 is 0 Å². The van der Waals surface area contributed by atoms with Crippen LogP contribution in [0.15, 0.2) is 29.2 Å². The van der Waals surface area contributed by atoms with E-state index < -0.39 is 5.41 Å². The number of nitrogens with one attached hydrogen (secondary N) is 1. The summed E-state index contributed by atoms with van der Waals surface area (Å²) in [4.78, 5) is 13.2. The van der Waals surface area contributed by atoms with Crippen molar-refractivity contribution in [2.75, 3.05) is 18.2 Å². The molecular weight excluding hydrogens is 234 g/mol. The van der Waals surface area contributed by atoms with Crippen LogP contribution in [0.5, 0.6) is 0 Å². The van der Waals surface area contributed by atoms with Gasteiger partial charge < -0.3 is 10.4 Å². The van der Waals surface area contributed by atoms with Gasteiger partial charge in [0.05, 0.1) is 12.0 Å². The molecule has 1 aliphatic carbocycles. The highest BCUT2D eigenvalue weighted by Crippen LogP contribution is 2.41. The number of carbonyl (C=O) groups excluding carboxylic acids is 1. The Morgan fingerprint density at radius 2 is 2.06 bits per heavy atom. The van der Waals surface area contributed by atoms with Gasteiger partial charge in [-0.25, -0.2) is 0 Å². The van der Waals surface area contributed by atoms with E-state index in [1.807, 2.05) is 30.5 Å². The number of thioether (sulfide) groups is 1. The molecule has 92 valence electrons. The first-order valence-corrected chi connectivity index (χ1v) is 6.99. The van der Waals surface area contributed by atoms with Crippen molar-refractivity contribution in [1.29, 1.82) is 0 Å². The Labute approximate surface area is 106 Å². The summed E-state index contributed by atoms with van der Waals surface area (Å²) in [7, 11) is 0. The van der Waals surface area contributed by atoms with Crippen molar-refractivity contribution in [1.82, 2.24) is 0 Å². The summed E-state index contributed by atoms with van der Waals surface area (Å²) in [6.45, 7) is -0.0538. The molecule has 4 heteroatoms. The predicted octanol–water partition coefficient (Wildman–Crippen LogP) is 2.51. The normalized spacial score (nSPS) is 17.3. The highest BCUT2D eigenvalue weighted by atomic mass is 32.2. The molecule has 0 aromatic heterocycles. The van der Waals surface area contributed by atoms with E-state index in [0.29, 0.717) is 0 Å². The summed E-state index contributed by atoms with van der Waals surface area (Å²) in [6, 6.07) is 7.75. The summed E-state index contributed by atoms with van der Waals surface area (Å²) in [6.07, 6.45) is 4.62. The van der Waals surface area contributed by atoms with E-state index in [4.69, 9.17) is 0 Å². The third kappa shape index (κ3) is 2.48. The summed E-state index contributed by atoms with van der Waals surface area (Å²) in [5.74, 6) is -0.0526. The van der Waals surface area contributed by atoms with Gasteiger partial charge in [-0.2, -0.15) is 0 Å². The second kappa shape index (κ2) is 5.10. The smallest absolute Gasteiger partial charge is 0.232 e. The topological polar surface area (TPSA) is 49.3 Å². The number of aliphatic hydroxyl groups excluding tert-OH is 1. The number of hydrogen-bond acceptors (Lipinski definition) is 3. The van der Waals surface area contributed by atoms with Crippen LogP contribution in [0.1, 0.15) is 19.3 Å². The van der Waals surface area contributed by atoms with Crippen molar-refractivity contribution in [3.8, 4) is 0 Å². The van der Waals surface area contributed by atoms with Gasteiger partial charge in [-0.3, -0.25) is 4.79 Å². The Morgan fingerprint density at radius 1 is 1.41 bits per heavy atom. The van der Waals surface area contributed by atoms with Crippen LogP contribution < -0.4 is 5.32 Å². The van der Waals surface area contributed by atoms with Gasteiger partial charge in [0.1, 0.15) is 0 Å². The van der Waals surface area contributed by atoms with Gasteiger partial charge in [0.15, 0.2) is 0 Å². The van der Waals surface area contributed by atoms with E-state index in [0.717, 1.165) is 24.9 Å². The number of anilines is 1. The molecule has 2 N–H and O–H groups in total. The maximum absolute atomic E-state index is 12.0. The Balaban J connectivity index is 2.02. The number of rotatable bonds is 4. The summed E-state index contributed by atoms with van der Waals surface area (Å²) in [5.41, 5.74) is 0.269. The third-order valence-corrected chi connectivity index (χ3v) is 4.19. The van der Waals surface area contributed by atoms with Gasteiger partial charge in [0, 0.05) is 10.6 Å². The molecule has 17 heavy (non-hydrogen) atoms. The van der Waals surface area contributed by atoms with Crippen molar-refractivity contribution in [3.05, 3.63) is 24.3 Å². The lowest BCUT2D eigenvalue weighted by molar-refractivity contribution is -0.133. The maximum atomic E-state index is 12.0. The minimum absolute atomic E-state index is 0.0526. The van der Waals surface area contributed by atoms with Crippen molar-refractivity contribution < 1.29 is 9.90 Å². The van der Waals surface area contributed by atoms with Gasteiger partial charge in [-0.15, -0.1) is 11.8 Å².